The minimum Gasteiger partial charge on any atom is -0.504 e. The molecule has 5 N–H and O–H groups in total. The Bertz CT molecular complexity index is 1220. The molecule has 0 aliphatic heterocycles. The Hall–Kier alpha value is -2.89. The molecule has 2 fully saturated rings. The number of nitrogens with zero attached hydrogens (tertiary/aromatic N) is 2. The lowest BCUT2D eigenvalue weighted by atomic mass is 9.52. The number of hydrogen-bond acceptors (Lipinski definition) is 10. The lowest BCUT2D eigenvalue weighted by Gasteiger charge is -2.52. The lowest BCUT2D eigenvalue weighted by Crippen LogP contribution is -2.74. The number of fused-ring (bicyclic) bond motifs is 3. The predicted molar refractivity (Wildman–Crippen MR) is 132 cm³/mol. The predicted octanol–water partition coefficient (Wildman–Crippen LogP) is 0.373. The van der Waals surface area contributed by atoms with Gasteiger partial charge in [0, 0.05) is 18.0 Å². The monoisotopic (exact) mass is 534 g/mol. The first-order valence-corrected chi connectivity index (χ1v) is 12.6. The van der Waals surface area contributed by atoms with E-state index in [9.17, 15) is 34.2 Å². The van der Waals surface area contributed by atoms with Crippen LogP contribution in [-0.2, 0) is 25.6 Å². The topological polar surface area (TPSA) is 180 Å². The highest BCUT2D eigenvalue weighted by Gasteiger charge is 2.69. The molecule has 1 amide bonds. The van der Waals surface area contributed by atoms with E-state index in [1.54, 1.807) is 0 Å². The van der Waals surface area contributed by atoms with Gasteiger partial charge in [-0.15, -0.1) is 0 Å². The number of halogens is 1. The van der Waals surface area contributed by atoms with Gasteiger partial charge in [0.2, 0.25) is 5.91 Å². The van der Waals surface area contributed by atoms with Crippen molar-refractivity contribution in [3.63, 3.8) is 0 Å². The molecule has 0 radical (unpaired) electrons. The Kier molecular flexibility index (Phi) is 6.93. The molecule has 3 aliphatic rings. The van der Waals surface area contributed by atoms with Gasteiger partial charge < -0.3 is 21.3 Å². The number of anilines is 1. The summed E-state index contributed by atoms with van der Waals surface area (Å²) in [5, 5.41) is 25.5. The van der Waals surface area contributed by atoms with Crippen molar-refractivity contribution in [3.05, 3.63) is 16.3 Å². The molecule has 3 aliphatic carbocycles. The van der Waals surface area contributed by atoms with Crippen LogP contribution in [0.3, 0.4) is 0 Å². The second kappa shape index (κ2) is 9.45. The second-order valence-corrected chi connectivity index (χ2v) is 11.2. The van der Waals surface area contributed by atoms with Gasteiger partial charge >= 0.3 is 0 Å². The fourth-order valence-corrected chi connectivity index (χ4v) is 6.38. The number of nitrogens with one attached hydrogen (secondary N) is 1. The van der Waals surface area contributed by atoms with Gasteiger partial charge in [-0.2, -0.15) is 0 Å². The van der Waals surface area contributed by atoms with Crippen molar-refractivity contribution in [2.45, 2.75) is 44.8 Å². The SMILES string of the molecule is CC(C)CCNc1nc(Cl)c2c(c1O)C(=O)C1C(=O)[C@]3(O)C(=O)C(C(N)=O)C(=O)[C@@H](N(C)C)[C@@H]3C[C@@H]1C2. The first kappa shape index (κ1) is 27.2. The fraction of sp³-hybridized carbons (Fsp3) is 0.600. The van der Waals surface area contributed by atoms with Crippen LogP contribution in [0.2, 0.25) is 5.15 Å². The van der Waals surface area contributed by atoms with E-state index in [4.69, 9.17) is 17.3 Å². The minimum absolute atomic E-state index is 0.00292. The molecule has 12 heteroatoms. The first-order valence-electron chi connectivity index (χ1n) is 12.2. The highest BCUT2D eigenvalue weighted by Crippen LogP contribution is 2.51. The number of pyridine rings is 1. The van der Waals surface area contributed by atoms with Gasteiger partial charge in [0.25, 0.3) is 0 Å². The number of carbonyl (C=O) groups is 5. The number of Topliss-reactive ketones (excluding diaryl/α,β-unsaturated/α-hetero) is 4. The normalized spacial score (nSPS) is 31.3. The van der Waals surface area contributed by atoms with E-state index in [0.717, 1.165) is 6.42 Å². The Morgan fingerprint density at radius 2 is 1.89 bits per heavy atom. The van der Waals surface area contributed by atoms with E-state index < -0.39 is 70.1 Å². The second-order valence-electron chi connectivity index (χ2n) is 10.9. The highest BCUT2D eigenvalue weighted by molar-refractivity contribution is 6.34. The third-order valence-electron chi connectivity index (χ3n) is 7.89. The molecule has 37 heavy (non-hydrogen) atoms. The molecule has 0 aromatic carbocycles. The van der Waals surface area contributed by atoms with Crippen molar-refractivity contribution in [3.8, 4) is 5.75 Å². The van der Waals surface area contributed by atoms with Gasteiger partial charge in [-0.25, -0.2) is 4.98 Å². The van der Waals surface area contributed by atoms with E-state index >= 15 is 0 Å². The van der Waals surface area contributed by atoms with Crippen molar-refractivity contribution in [2.24, 2.45) is 35.3 Å². The van der Waals surface area contributed by atoms with Crippen molar-refractivity contribution >= 4 is 46.5 Å². The van der Waals surface area contributed by atoms with Gasteiger partial charge in [-0.05, 0) is 45.2 Å². The van der Waals surface area contributed by atoms with Gasteiger partial charge in [-0.1, -0.05) is 25.4 Å². The Balaban J connectivity index is 1.79. The molecule has 0 spiro atoms. The largest absolute Gasteiger partial charge is 0.504 e. The number of primary amides is 1. The molecule has 4 rings (SSSR count). The first-order chi connectivity index (χ1) is 17.2. The molecule has 1 aromatic heterocycles. The van der Waals surface area contributed by atoms with E-state index in [-0.39, 0.29) is 34.9 Å². The summed E-state index contributed by atoms with van der Waals surface area (Å²) >= 11 is 6.42. The molecular formula is C25H31ClN4O7. The number of aromatic nitrogens is 1. The molecule has 1 aromatic rings. The van der Waals surface area contributed by atoms with Gasteiger partial charge in [0.15, 0.2) is 46.2 Å². The minimum atomic E-state index is -2.76. The number of likely N-dealkylation sites (N-methyl/N-ethyl adjacent to an activating group) is 1. The van der Waals surface area contributed by atoms with Crippen LogP contribution in [0, 0.1) is 29.6 Å². The standard InChI is InChI=1S/C25H31ClN4O7/c1-9(2)5-6-28-24-19(33)14-11(22(26)29-24)7-10-8-12-16(30(3)4)18(32)15(23(27)36)21(35)25(12,37)20(34)13(10)17(14)31/h9-10,12-13,15-16,33,37H,5-8H2,1-4H3,(H2,27,36)(H,28,29)/t10-,12-,13?,15?,16-,25-/m0/s1. The van der Waals surface area contributed by atoms with E-state index in [1.807, 2.05) is 13.8 Å². The van der Waals surface area contributed by atoms with Crippen LogP contribution < -0.4 is 11.1 Å². The Morgan fingerprint density at radius 3 is 2.46 bits per heavy atom. The van der Waals surface area contributed by atoms with Gasteiger partial charge in [0.05, 0.1) is 17.5 Å². The van der Waals surface area contributed by atoms with Crippen LogP contribution in [-0.4, -0.2) is 81.4 Å². The van der Waals surface area contributed by atoms with E-state index in [1.165, 1.54) is 19.0 Å². The van der Waals surface area contributed by atoms with Crippen molar-refractivity contribution in [1.29, 1.82) is 0 Å². The zero-order valence-electron chi connectivity index (χ0n) is 21.1. The number of amides is 1. The molecule has 2 saturated carbocycles. The maximum Gasteiger partial charge on any atom is 0.235 e. The third-order valence-corrected chi connectivity index (χ3v) is 8.20. The van der Waals surface area contributed by atoms with E-state index in [2.05, 4.69) is 10.3 Å². The summed E-state index contributed by atoms with van der Waals surface area (Å²) in [7, 11) is 3.06. The van der Waals surface area contributed by atoms with Crippen molar-refractivity contribution in [2.75, 3.05) is 26.0 Å². The maximum atomic E-state index is 13.8. The summed E-state index contributed by atoms with van der Waals surface area (Å²) in [5.74, 6) is -10.7. The molecule has 2 unspecified atom stereocenters. The quantitative estimate of drug-likeness (QED) is 0.294. The lowest BCUT2D eigenvalue weighted by molar-refractivity contribution is -0.181. The number of aromatic hydroxyl groups is 1. The number of hydrogen-bond donors (Lipinski definition) is 4. The van der Waals surface area contributed by atoms with Crippen LogP contribution in [0.15, 0.2) is 0 Å². The zero-order chi connectivity index (χ0) is 27.6. The number of nitrogens with two attached hydrogens (primary N) is 1. The number of carbonyl (C=O) groups excluding carboxylic acids is 5. The Morgan fingerprint density at radius 1 is 1.24 bits per heavy atom. The summed E-state index contributed by atoms with van der Waals surface area (Å²) in [6.07, 6.45) is 0.781. The molecule has 11 nitrogen and oxygen atoms in total. The van der Waals surface area contributed by atoms with Crippen molar-refractivity contribution in [1.82, 2.24) is 9.88 Å². The summed E-state index contributed by atoms with van der Waals surface area (Å²) in [4.78, 5) is 71.5. The fourth-order valence-electron chi connectivity index (χ4n) is 6.12. The number of ketones is 4. The zero-order valence-corrected chi connectivity index (χ0v) is 21.8. The molecule has 1 heterocycles. The van der Waals surface area contributed by atoms with Crippen LogP contribution in [0.25, 0.3) is 0 Å². The van der Waals surface area contributed by atoms with E-state index in [0.29, 0.717) is 12.5 Å². The summed E-state index contributed by atoms with van der Waals surface area (Å²) < 4.78 is 0. The summed E-state index contributed by atoms with van der Waals surface area (Å²) in [5.41, 5.74) is 2.64. The van der Waals surface area contributed by atoms with Gasteiger partial charge in [0.1, 0.15) is 5.15 Å². The molecule has 6 atom stereocenters. The molecular weight excluding hydrogens is 504 g/mol. The Labute approximate surface area is 218 Å². The summed E-state index contributed by atoms with van der Waals surface area (Å²) in [6.45, 7) is 4.50. The average Bonchev–Trinajstić information content (AvgIpc) is 2.78. The third kappa shape index (κ3) is 4.04. The average molecular weight is 535 g/mol. The van der Waals surface area contributed by atoms with Crippen LogP contribution >= 0.6 is 11.6 Å². The number of rotatable bonds is 6. The maximum absolute atomic E-state index is 13.8. The van der Waals surface area contributed by atoms with Crippen LogP contribution in [0.5, 0.6) is 5.75 Å². The molecule has 200 valence electrons. The van der Waals surface area contributed by atoms with Gasteiger partial charge in [-0.3, -0.25) is 28.9 Å². The molecule has 0 saturated heterocycles. The molecule has 0 bridgehead atoms. The highest BCUT2D eigenvalue weighted by atomic mass is 35.5. The van der Waals surface area contributed by atoms with Crippen LogP contribution in [0.4, 0.5) is 5.82 Å². The smallest absolute Gasteiger partial charge is 0.235 e. The number of aliphatic hydroxyl groups is 1. The van der Waals surface area contributed by atoms with Crippen molar-refractivity contribution < 1.29 is 34.2 Å². The van der Waals surface area contributed by atoms with Crippen LogP contribution in [0.1, 0.15) is 42.6 Å². The summed E-state index contributed by atoms with van der Waals surface area (Å²) in [6, 6.07) is -1.16.